The molecule has 1 aromatic carbocycles. The number of pyridine rings is 1. The van der Waals surface area contributed by atoms with Gasteiger partial charge in [-0.2, -0.15) is 0 Å². The van der Waals surface area contributed by atoms with Gasteiger partial charge >= 0.3 is 0 Å². The van der Waals surface area contributed by atoms with Gasteiger partial charge in [-0.1, -0.05) is 12.1 Å². The Kier molecular flexibility index (Phi) is 4.98. The van der Waals surface area contributed by atoms with Crippen molar-refractivity contribution in [2.24, 2.45) is 0 Å². The molecule has 0 radical (unpaired) electrons. The van der Waals surface area contributed by atoms with E-state index < -0.39 is 0 Å². The summed E-state index contributed by atoms with van der Waals surface area (Å²) < 4.78 is 5.57. The third-order valence-electron chi connectivity index (χ3n) is 2.83. The number of ether oxygens (including phenoxy) is 1. The number of hydrogen-bond acceptors (Lipinski definition) is 5. The molecule has 0 unspecified atom stereocenters. The van der Waals surface area contributed by atoms with Crippen molar-refractivity contribution in [3.05, 3.63) is 48.3 Å². The zero-order chi connectivity index (χ0) is 15.1. The molecule has 1 amide bonds. The fourth-order valence-corrected chi connectivity index (χ4v) is 1.76. The molecule has 0 saturated heterocycles. The zero-order valence-corrected chi connectivity index (χ0v) is 11.8. The van der Waals surface area contributed by atoms with E-state index in [4.69, 9.17) is 10.5 Å². The van der Waals surface area contributed by atoms with Crippen molar-refractivity contribution in [3.8, 4) is 5.75 Å². The van der Waals surface area contributed by atoms with E-state index >= 15 is 0 Å². The number of anilines is 2. The quantitative estimate of drug-likeness (QED) is 0.553. The maximum absolute atomic E-state index is 11.5. The summed E-state index contributed by atoms with van der Waals surface area (Å²) in [5.74, 6) is 0.451. The monoisotopic (exact) mass is 286 g/mol. The second kappa shape index (κ2) is 7.14. The molecule has 0 saturated carbocycles. The van der Waals surface area contributed by atoms with E-state index in [0.717, 1.165) is 5.69 Å². The Balaban J connectivity index is 1.84. The molecule has 0 fully saturated rings. The molecule has 1 heterocycles. The first-order valence-electron chi connectivity index (χ1n) is 6.60. The lowest BCUT2D eigenvalue weighted by atomic mass is 10.3. The molecule has 0 atom stereocenters. The predicted molar refractivity (Wildman–Crippen MR) is 82.5 cm³/mol. The molecular weight excluding hydrogens is 268 g/mol. The number of nitrogens with one attached hydrogen (secondary N) is 2. The van der Waals surface area contributed by atoms with Crippen molar-refractivity contribution in [2.75, 3.05) is 31.2 Å². The fraction of sp³-hybridized carbons (Fsp3) is 0.200. The largest absolute Gasteiger partial charge is 0.490 e. The third kappa shape index (κ3) is 4.10. The summed E-state index contributed by atoms with van der Waals surface area (Å²) in [6.07, 6.45) is 1.59. The van der Waals surface area contributed by atoms with E-state index in [1.54, 1.807) is 31.4 Å². The Morgan fingerprint density at radius 1 is 1.33 bits per heavy atom. The Morgan fingerprint density at radius 2 is 2.14 bits per heavy atom. The van der Waals surface area contributed by atoms with E-state index in [1.807, 2.05) is 18.2 Å². The summed E-state index contributed by atoms with van der Waals surface area (Å²) >= 11 is 0. The third-order valence-corrected chi connectivity index (χ3v) is 2.83. The first-order chi connectivity index (χ1) is 10.2. The summed E-state index contributed by atoms with van der Waals surface area (Å²) in [5, 5.41) is 5.70. The maximum atomic E-state index is 11.5. The van der Waals surface area contributed by atoms with Crippen LogP contribution in [0.3, 0.4) is 0 Å². The number of aromatic nitrogens is 1. The number of nitrogens with zero attached hydrogens (tertiary/aromatic N) is 1. The standard InChI is InChI=1S/C15H18N4O2/c1-17-15(20)13-10-11(6-7-19-13)18-8-9-21-14-5-3-2-4-12(14)16/h2-7,10H,8-9,16H2,1H3,(H,17,20)(H,18,19). The number of benzene rings is 1. The number of amides is 1. The van der Waals surface area contributed by atoms with Crippen LogP contribution in [0.4, 0.5) is 11.4 Å². The van der Waals surface area contributed by atoms with Gasteiger partial charge in [-0.3, -0.25) is 9.78 Å². The minimum atomic E-state index is -0.216. The normalized spacial score (nSPS) is 9.95. The average molecular weight is 286 g/mol. The Morgan fingerprint density at radius 3 is 2.90 bits per heavy atom. The number of para-hydroxylation sites is 2. The maximum Gasteiger partial charge on any atom is 0.269 e. The highest BCUT2D eigenvalue weighted by Gasteiger charge is 2.05. The molecule has 0 aliphatic heterocycles. The molecule has 0 spiro atoms. The van der Waals surface area contributed by atoms with Crippen molar-refractivity contribution >= 4 is 17.3 Å². The molecule has 0 aliphatic carbocycles. The first-order valence-corrected chi connectivity index (χ1v) is 6.60. The number of nitrogens with two attached hydrogens (primary N) is 1. The number of carbonyl (C=O) groups is 1. The van der Waals surface area contributed by atoms with Crippen LogP contribution in [-0.4, -0.2) is 31.1 Å². The molecule has 4 N–H and O–H groups in total. The Hall–Kier alpha value is -2.76. The minimum Gasteiger partial charge on any atom is -0.490 e. The second-order valence-corrected chi connectivity index (χ2v) is 4.32. The highest BCUT2D eigenvalue weighted by molar-refractivity contribution is 5.92. The lowest BCUT2D eigenvalue weighted by molar-refractivity contribution is 0.0958. The zero-order valence-electron chi connectivity index (χ0n) is 11.8. The van der Waals surface area contributed by atoms with E-state index in [2.05, 4.69) is 15.6 Å². The van der Waals surface area contributed by atoms with Gasteiger partial charge in [-0.25, -0.2) is 0 Å². The topological polar surface area (TPSA) is 89.3 Å². The van der Waals surface area contributed by atoms with Crippen molar-refractivity contribution in [1.82, 2.24) is 10.3 Å². The highest BCUT2D eigenvalue weighted by Crippen LogP contribution is 2.19. The predicted octanol–water partition coefficient (Wildman–Crippen LogP) is 1.51. The highest BCUT2D eigenvalue weighted by atomic mass is 16.5. The summed E-state index contributed by atoms with van der Waals surface area (Å²) in [6.45, 7) is 1.05. The molecule has 110 valence electrons. The van der Waals surface area contributed by atoms with Gasteiger partial charge in [0.25, 0.3) is 5.91 Å². The van der Waals surface area contributed by atoms with E-state index in [-0.39, 0.29) is 5.91 Å². The van der Waals surface area contributed by atoms with Gasteiger partial charge in [0.15, 0.2) is 0 Å². The smallest absolute Gasteiger partial charge is 0.269 e. The molecule has 21 heavy (non-hydrogen) atoms. The summed E-state index contributed by atoms with van der Waals surface area (Å²) in [4.78, 5) is 15.5. The van der Waals surface area contributed by atoms with Gasteiger partial charge in [-0.15, -0.1) is 0 Å². The van der Waals surface area contributed by atoms with Gasteiger partial charge in [0.05, 0.1) is 5.69 Å². The van der Waals surface area contributed by atoms with Gasteiger partial charge in [0.2, 0.25) is 0 Å². The average Bonchev–Trinajstić information content (AvgIpc) is 2.52. The van der Waals surface area contributed by atoms with Crippen LogP contribution in [0, 0.1) is 0 Å². The van der Waals surface area contributed by atoms with Gasteiger partial charge in [-0.05, 0) is 24.3 Å². The van der Waals surface area contributed by atoms with Gasteiger partial charge in [0.1, 0.15) is 18.1 Å². The molecule has 6 heteroatoms. The van der Waals surface area contributed by atoms with Crippen LogP contribution >= 0.6 is 0 Å². The molecule has 0 bridgehead atoms. The number of carbonyl (C=O) groups excluding carboxylic acids is 1. The van der Waals surface area contributed by atoms with Crippen LogP contribution in [-0.2, 0) is 0 Å². The summed E-state index contributed by atoms with van der Waals surface area (Å²) in [7, 11) is 1.57. The lowest BCUT2D eigenvalue weighted by Gasteiger charge is -2.10. The Bertz CT molecular complexity index is 616. The van der Waals surface area contributed by atoms with Crippen LogP contribution in [0.5, 0.6) is 5.75 Å². The molecule has 6 nitrogen and oxygen atoms in total. The molecule has 2 rings (SSSR count). The number of hydrogen-bond donors (Lipinski definition) is 3. The first kappa shape index (κ1) is 14.6. The van der Waals surface area contributed by atoms with Crippen molar-refractivity contribution in [3.63, 3.8) is 0 Å². The van der Waals surface area contributed by atoms with Crippen LogP contribution in [0.2, 0.25) is 0 Å². The summed E-state index contributed by atoms with van der Waals surface area (Å²) in [6, 6.07) is 10.8. The van der Waals surface area contributed by atoms with Crippen molar-refractivity contribution in [1.29, 1.82) is 0 Å². The van der Waals surface area contributed by atoms with Crippen molar-refractivity contribution < 1.29 is 9.53 Å². The van der Waals surface area contributed by atoms with Gasteiger partial charge < -0.3 is 21.1 Å². The van der Waals surface area contributed by atoms with Crippen LogP contribution in [0.25, 0.3) is 0 Å². The van der Waals surface area contributed by atoms with Crippen LogP contribution in [0.1, 0.15) is 10.5 Å². The van der Waals surface area contributed by atoms with Crippen LogP contribution < -0.4 is 21.1 Å². The van der Waals surface area contributed by atoms with Crippen molar-refractivity contribution in [2.45, 2.75) is 0 Å². The molecule has 0 aliphatic rings. The van der Waals surface area contributed by atoms with E-state index in [9.17, 15) is 4.79 Å². The number of rotatable bonds is 6. The number of nitrogen functional groups attached to an aromatic ring is 1. The van der Waals surface area contributed by atoms with E-state index in [0.29, 0.717) is 30.3 Å². The SMILES string of the molecule is CNC(=O)c1cc(NCCOc2ccccc2N)ccn1. The molecule has 1 aromatic heterocycles. The summed E-state index contributed by atoms with van der Waals surface area (Å²) in [5.41, 5.74) is 7.58. The molecular formula is C15H18N4O2. The fourth-order valence-electron chi connectivity index (χ4n) is 1.76. The Labute approximate surface area is 123 Å². The van der Waals surface area contributed by atoms with Gasteiger partial charge in [0, 0.05) is 25.5 Å². The second-order valence-electron chi connectivity index (χ2n) is 4.32. The molecule has 2 aromatic rings. The van der Waals surface area contributed by atoms with Crippen LogP contribution in [0.15, 0.2) is 42.6 Å². The van der Waals surface area contributed by atoms with E-state index in [1.165, 1.54) is 0 Å². The lowest BCUT2D eigenvalue weighted by Crippen LogP contribution is -2.19. The minimum absolute atomic E-state index is 0.216.